The van der Waals surface area contributed by atoms with Crippen LogP contribution in [0.4, 0.5) is 20.4 Å². The number of nitrogens with one attached hydrogen (secondary N) is 2. The molecule has 0 radical (unpaired) electrons. The Morgan fingerprint density at radius 2 is 1.54 bits per heavy atom. The molecule has 5 atom stereocenters. The second-order valence-corrected chi connectivity index (χ2v) is 23.6. The van der Waals surface area contributed by atoms with Gasteiger partial charge in [0.2, 0.25) is 17.7 Å². The highest BCUT2D eigenvalue weighted by atomic mass is 32.2. The molecule has 5 aliphatic heterocycles. The van der Waals surface area contributed by atoms with E-state index in [1.54, 1.807) is 54.5 Å². The third kappa shape index (κ3) is 15.9. The molecule has 87 heavy (non-hydrogen) atoms. The number of carbonyl (C=O) groups is 5. The van der Waals surface area contributed by atoms with Crippen molar-refractivity contribution in [3.63, 3.8) is 0 Å². The normalized spacial score (nSPS) is 19.3. The Labute approximate surface area is 510 Å². The van der Waals surface area contributed by atoms with E-state index in [0.29, 0.717) is 131 Å². The van der Waals surface area contributed by atoms with Crippen LogP contribution in [-0.2, 0) is 51.2 Å². The Hall–Kier alpha value is -7.21. The second kappa shape index (κ2) is 30.6. The number of nitrogens with two attached hydrogens (primary N) is 1. The fraction of sp³-hybridized carbons (Fsp3) is 0.548. The molecule has 2 bridgehead atoms. The lowest BCUT2D eigenvalue weighted by atomic mass is 9.88. The summed E-state index contributed by atoms with van der Waals surface area (Å²) in [6, 6.07) is 10.6. The van der Waals surface area contributed by atoms with Crippen LogP contribution in [0.2, 0.25) is 0 Å². The van der Waals surface area contributed by atoms with Gasteiger partial charge >= 0.3 is 0 Å². The molecule has 2 aromatic carbocycles. The number of halogens is 2. The van der Waals surface area contributed by atoms with Gasteiger partial charge in [-0.2, -0.15) is 10.4 Å². The Balaban J connectivity index is 0.637. The van der Waals surface area contributed by atoms with Crippen molar-refractivity contribution in [2.24, 2.45) is 10.9 Å². The number of fused-ring (bicyclic) bond motifs is 8. The quantitative estimate of drug-likeness (QED) is 0.0601. The monoisotopic (exact) mass is 1220 g/mol. The molecular formula is C62H79F2N13O9S. The van der Waals surface area contributed by atoms with E-state index in [-0.39, 0.29) is 116 Å². The Kier molecular flexibility index (Phi) is 22.6. The number of likely N-dealkylation sites (N-methyl/N-ethyl adjacent to an activating group) is 1. The minimum absolute atomic E-state index is 0.00875. The Morgan fingerprint density at radius 1 is 0.874 bits per heavy atom. The molecule has 3 fully saturated rings. The molecule has 466 valence electrons. The second-order valence-electron chi connectivity index (χ2n) is 22.5. The number of aryl methyl sites for hydroxylation is 1. The number of ketones is 1. The predicted octanol–water partition coefficient (Wildman–Crippen LogP) is 5.74. The van der Waals surface area contributed by atoms with Crippen molar-refractivity contribution in [2.45, 2.75) is 114 Å². The van der Waals surface area contributed by atoms with Gasteiger partial charge < -0.3 is 54.9 Å². The van der Waals surface area contributed by atoms with E-state index in [4.69, 9.17) is 34.7 Å². The number of hydrogen-bond acceptors (Lipinski definition) is 18. The number of rotatable bonds is 27. The van der Waals surface area contributed by atoms with E-state index in [1.807, 2.05) is 9.80 Å². The lowest BCUT2D eigenvalue weighted by Gasteiger charge is -2.38. The van der Waals surface area contributed by atoms with Crippen LogP contribution in [0.15, 0.2) is 60.2 Å². The van der Waals surface area contributed by atoms with Gasteiger partial charge in [0.1, 0.15) is 29.5 Å². The number of anilines is 2. The van der Waals surface area contributed by atoms with Crippen molar-refractivity contribution in [2.75, 3.05) is 110 Å². The summed E-state index contributed by atoms with van der Waals surface area (Å²) in [6.45, 7) is 10.7. The van der Waals surface area contributed by atoms with Gasteiger partial charge in [0.05, 0.1) is 118 Å². The summed E-state index contributed by atoms with van der Waals surface area (Å²) in [4.78, 5) is 89.6. The SMILES string of the molecule is C=C(c1ccc(F)cc1)C1CSC([C@H]2CCCN2C(=O)[C@H](NC(=O)[C@@H](C)NC)C2CCN(C(=O)CCOCCOCCOCCOCCC(=O)CCCn3nc(C#N)c4c3CN(C)C(=O)c3ccc(F)cc3[C@H]3CCCN3c3nc-4cnc3N)CC2)=N1. The lowest BCUT2D eigenvalue weighted by Crippen LogP contribution is -2.58. The zero-order valence-corrected chi connectivity index (χ0v) is 50.7. The summed E-state index contributed by atoms with van der Waals surface area (Å²) in [5.41, 5.74) is 10.4. The van der Waals surface area contributed by atoms with E-state index < -0.39 is 17.9 Å². The molecule has 7 heterocycles. The van der Waals surface area contributed by atoms with E-state index in [2.05, 4.69) is 33.4 Å². The number of benzene rings is 2. The summed E-state index contributed by atoms with van der Waals surface area (Å²) in [7, 11) is 3.35. The maximum atomic E-state index is 14.8. The van der Waals surface area contributed by atoms with Gasteiger partial charge in [0, 0.05) is 63.9 Å². The van der Waals surface area contributed by atoms with Gasteiger partial charge in [-0.05, 0) is 112 Å². The molecule has 0 saturated carbocycles. The number of aliphatic imine (C=N–C) groups is 1. The summed E-state index contributed by atoms with van der Waals surface area (Å²) in [5.74, 6) is -0.471. The summed E-state index contributed by atoms with van der Waals surface area (Å²) >= 11 is 1.62. The number of aromatic nitrogens is 4. The molecule has 22 nitrogen and oxygen atoms in total. The van der Waals surface area contributed by atoms with Crippen LogP contribution in [0.3, 0.4) is 0 Å². The van der Waals surface area contributed by atoms with E-state index in [1.165, 1.54) is 41.4 Å². The first-order valence-corrected chi connectivity index (χ1v) is 31.1. The number of nitrogens with zero attached hydrogens (tertiary/aromatic N) is 10. The number of likely N-dealkylation sites (tertiary alicyclic amines) is 2. The fourth-order valence-corrected chi connectivity index (χ4v) is 13.2. The largest absolute Gasteiger partial charge is 0.381 e. The third-order valence-electron chi connectivity index (χ3n) is 16.9. The van der Waals surface area contributed by atoms with Crippen molar-refractivity contribution in [3.8, 4) is 17.3 Å². The molecule has 0 aliphatic carbocycles. The third-order valence-corrected chi connectivity index (χ3v) is 18.0. The van der Waals surface area contributed by atoms with Gasteiger partial charge in [0.15, 0.2) is 17.3 Å². The van der Waals surface area contributed by atoms with Crippen molar-refractivity contribution < 1.29 is 51.7 Å². The van der Waals surface area contributed by atoms with E-state index >= 15 is 0 Å². The zero-order valence-electron chi connectivity index (χ0n) is 49.9. The minimum Gasteiger partial charge on any atom is -0.381 e. The standard InChI is InChI=1S/C62H79F2N13O9S/c1-39(41-11-13-43(63)14-12-41)50-38-87-60(70-50)52-10-7-22-76(52)62(82)56(71-59(80)40(2)67-3)42-17-24-74(25-18-42)54(79)20-27-84-29-31-86-33-32-85-30-28-83-26-19-45(78)8-5-23-77-53-37-73(4)61(81)46-16-15-44(64)34-47(46)51-9-6-21-75(51)58-57(66)68-36-49(69-58)55(53)48(35-65)72-77/h11-16,34,36,40,42,50-52,56,67H,1,5-10,17-33,37-38H2,2-4H3,(H2,66,68)(H,71,80)/t40-,50?,51-,52-,56-/m1/s1. The molecule has 0 spiro atoms. The molecular weight excluding hydrogens is 1140 g/mol. The Bertz CT molecular complexity index is 3190. The van der Waals surface area contributed by atoms with Gasteiger partial charge in [0.25, 0.3) is 5.91 Å². The molecule has 4 amide bonds. The van der Waals surface area contributed by atoms with Crippen LogP contribution in [0.25, 0.3) is 16.8 Å². The van der Waals surface area contributed by atoms with Gasteiger partial charge in [-0.25, -0.2) is 18.7 Å². The molecule has 5 aliphatic rings. The number of carbonyl (C=O) groups excluding carboxylic acids is 5. The number of thioether (sulfide) groups is 1. The van der Waals surface area contributed by atoms with Crippen molar-refractivity contribution >= 4 is 63.4 Å². The molecule has 3 saturated heterocycles. The number of piperidine rings is 1. The average Bonchev–Trinajstić information content (AvgIpc) is 2.10. The first kappa shape index (κ1) is 64.3. The maximum absolute atomic E-state index is 14.8. The predicted molar refractivity (Wildman–Crippen MR) is 324 cm³/mol. The van der Waals surface area contributed by atoms with Crippen LogP contribution < -0.4 is 21.3 Å². The van der Waals surface area contributed by atoms with E-state index in [0.717, 1.165) is 35.4 Å². The maximum Gasteiger partial charge on any atom is 0.254 e. The van der Waals surface area contributed by atoms with Gasteiger partial charge in [-0.3, -0.25) is 33.6 Å². The van der Waals surface area contributed by atoms with Crippen LogP contribution in [0.5, 0.6) is 0 Å². The summed E-state index contributed by atoms with van der Waals surface area (Å²) in [5, 5.41) is 21.8. The van der Waals surface area contributed by atoms with Crippen LogP contribution in [0, 0.1) is 28.9 Å². The van der Waals surface area contributed by atoms with Gasteiger partial charge in [-0.15, -0.1) is 11.8 Å². The first-order chi connectivity index (χ1) is 42.1. The number of Topliss-reactive ketones (excluding diaryl/α,β-unsaturated/α-hetero) is 1. The highest BCUT2D eigenvalue weighted by Crippen LogP contribution is 2.42. The zero-order chi connectivity index (χ0) is 61.6. The molecule has 9 rings (SSSR count). The molecule has 4 N–H and O–H groups in total. The molecule has 2 aromatic heterocycles. The minimum atomic E-state index is -0.758. The number of amides is 4. The average molecular weight is 1220 g/mol. The van der Waals surface area contributed by atoms with Crippen LogP contribution in [-0.4, -0.2) is 192 Å². The highest BCUT2D eigenvalue weighted by Gasteiger charge is 2.43. The first-order valence-electron chi connectivity index (χ1n) is 30.1. The number of nitrogen functional groups attached to an aromatic ring is 1. The molecule has 25 heteroatoms. The number of nitriles is 1. The van der Waals surface area contributed by atoms with Crippen molar-refractivity contribution in [3.05, 3.63) is 95.0 Å². The summed E-state index contributed by atoms with van der Waals surface area (Å²) < 4.78 is 52.7. The lowest BCUT2D eigenvalue weighted by molar-refractivity contribution is -0.140. The molecule has 1 unspecified atom stereocenters. The van der Waals surface area contributed by atoms with Crippen LogP contribution in [0.1, 0.15) is 110 Å². The van der Waals surface area contributed by atoms with Gasteiger partial charge in [-0.1, -0.05) is 18.7 Å². The van der Waals surface area contributed by atoms with E-state index in [9.17, 15) is 38.0 Å². The number of ether oxygens (including phenoxy) is 4. The highest BCUT2D eigenvalue weighted by molar-refractivity contribution is 8.14. The number of hydrogen-bond donors (Lipinski definition) is 3. The fourth-order valence-electron chi connectivity index (χ4n) is 11.9. The summed E-state index contributed by atoms with van der Waals surface area (Å²) in [6.07, 6.45) is 6.62. The van der Waals surface area contributed by atoms with Crippen molar-refractivity contribution in [1.82, 2.24) is 45.1 Å². The van der Waals surface area contributed by atoms with Crippen LogP contribution >= 0.6 is 11.8 Å². The molecule has 4 aromatic rings. The smallest absolute Gasteiger partial charge is 0.254 e. The van der Waals surface area contributed by atoms with Crippen molar-refractivity contribution in [1.29, 1.82) is 5.26 Å². The topological polar surface area (TPSA) is 265 Å². The Morgan fingerprint density at radius 3 is 2.24 bits per heavy atom.